The van der Waals surface area contributed by atoms with E-state index in [2.05, 4.69) is 5.10 Å². The summed E-state index contributed by atoms with van der Waals surface area (Å²) in [5, 5.41) is 13.2. The van der Waals surface area contributed by atoms with Crippen LogP contribution >= 0.6 is 0 Å². The summed E-state index contributed by atoms with van der Waals surface area (Å²) in [6.45, 7) is 8.10. The minimum Gasteiger partial charge on any atom is -0.481 e. The molecule has 0 spiro atoms. The van der Waals surface area contributed by atoms with Gasteiger partial charge in [-0.3, -0.25) is 14.3 Å². The Morgan fingerprint density at radius 1 is 1.38 bits per heavy atom. The van der Waals surface area contributed by atoms with Gasteiger partial charge in [-0.2, -0.15) is 5.10 Å². The molecule has 0 saturated carbocycles. The highest BCUT2D eigenvalue weighted by Crippen LogP contribution is 2.15. The predicted octanol–water partition coefficient (Wildman–Crippen LogP) is 1.68. The molecule has 21 heavy (non-hydrogen) atoms. The van der Waals surface area contributed by atoms with Crippen molar-refractivity contribution in [3.63, 3.8) is 0 Å². The van der Waals surface area contributed by atoms with Crippen LogP contribution in [0.3, 0.4) is 0 Å². The van der Waals surface area contributed by atoms with Crippen molar-refractivity contribution in [2.45, 2.75) is 53.0 Å². The van der Waals surface area contributed by atoms with Crippen molar-refractivity contribution in [1.82, 2.24) is 14.7 Å². The molecule has 0 fully saturated rings. The number of hydrogen-bond donors (Lipinski definition) is 1. The highest BCUT2D eigenvalue weighted by atomic mass is 16.4. The molecule has 6 heteroatoms. The van der Waals surface area contributed by atoms with Gasteiger partial charge in [0, 0.05) is 31.7 Å². The van der Waals surface area contributed by atoms with Crippen molar-refractivity contribution < 1.29 is 14.7 Å². The number of carboxylic acids is 1. The molecule has 1 heterocycles. The van der Waals surface area contributed by atoms with Gasteiger partial charge in [0.2, 0.25) is 5.91 Å². The van der Waals surface area contributed by atoms with Gasteiger partial charge in [-0.1, -0.05) is 0 Å². The number of rotatable bonds is 7. The van der Waals surface area contributed by atoms with E-state index in [0.29, 0.717) is 19.4 Å². The van der Waals surface area contributed by atoms with Crippen molar-refractivity contribution in [3.05, 3.63) is 17.0 Å². The fourth-order valence-electron chi connectivity index (χ4n) is 2.65. The molecule has 0 aromatic carbocycles. The molecule has 1 unspecified atom stereocenters. The molecule has 118 valence electrons. The van der Waals surface area contributed by atoms with Crippen LogP contribution in [-0.2, 0) is 23.1 Å². The van der Waals surface area contributed by atoms with Gasteiger partial charge in [0.05, 0.1) is 12.1 Å². The maximum atomic E-state index is 12.3. The van der Waals surface area contributed by atoms with Crippen molar-refractivity contribution in [3.8, 4) is 0 Å². The number of nitrogens with zero attached hydrogens (tertiary/aromatic N) is 3. The summed E-state index contributed by atoms with van der Waals surface area (Å²) in [6.07, 6.45) is 0.996. The molecular formula is C15H25N3O3. The lowest BCUT2D eigenvalue weighted by Crippen LogP contribution is -2.39. The quantitative estimate of drug-likeness (QED) is 0.830. The first kappa shape index (κ1) is 17.2. The van der Waals surface area contributed by atoms with Crippen molar-refractivity contribution in [2.75, 3.05) is 6.54 Å². The van der Waals surface area contributed by atoms with Crippen LogP contribution in [0.15, 0.2) is 0 Å². The highest BCUT2D eigenvalue weighted by molar-refractivity contribution is 5.77. The molecule has 0 radical (unpaired) electrons. The zero-order valence-electron chi connectivity index (χ0n) is 13.5. The van der Waals surface area contributed by atoms with E-state index in [-0.39, 0.29) is 18.4 Å². The van der Waals surface area contributed by atoms with Crippen LogP contribution in [0, 0.1) is 13.8 Å². The van der Waals surface area contributed by atoms with Gasteiger partial charge in [-0.15, -0.1) is 0 Å². The molecule has 1 N–H and O–H groups in total. The minimum atomic E-state index is -0.882. The molecule has 0 aliphatic carbocycles. The summed E-state index contributed by atoms with van der Waals surface area (Å²) < 4.78 is 1.82. The predicted molar refractivity (Wildman–Crippen MR) is 80.1 cm³/mol. The summed E-state index contributed by atoms with van der Waals surface area (Å²) in [5.74, 6) is -0.887. The van der Waals surface area contributed by atoms with Crippen molar-refractivity contribution in [2.24, 2.45) is 7.05 Å². The molecule has 1 rings (SSSR count). The van der Waals surface area contributed by atoms with E-state index in [0.717, 1.165) is 17.0 Å². The number of carbonyl (C=O) groups is 2. The molecule has 0 aliphatic rings. The van der Waals surface area contributed by atoms with Crippen molar-refractivity contribution in [1.29, 1.82) is 0 Å². The number of aryl methyl sites for hydroxylation is 2. The summed E-state index contributed by atoms with van der Waals surface area (Å²) in [6, 6.07) is -0.281. The normalized spacial score (nSPS) is 12.2. The average molecular weight is 295 g/mol. The maximum Gasteiger partial charge on any atom is 0.305 e. The highest BCUT2D eigenvalue weighted by Gasteiger charge is 2.21. The number of aromatic nitrogens is 2. The van der Waals surface area contributed by atoms with Crippen LogP contribution < -0.4 is 0 Å². The van der Waals surface area contributed by atoms with Crippen LogP contribution in [0.2, 0.25) is 0 Å². The third-order valence-electron chi connectivity index (χ3n) is 3.91. The Morgan fingerprint density at radius 2 is 2.00 bits per heavy atom. The SMILES string of the molecule is CCN(C(=O)CCc1c(C)nn(C)c1C)C(C)CC(=O)O. The number of amides is 1. The van der Waals surface area contributed by atoms with E-state index in [1.165, 1.54) is 0 Å². The van der Waals surface area contributed by atoms with E-state index < -0.39 is 5.97 Å². The molecule has 1 amide bonds. The minimum absolute atomic E-state index is 0.00565. The lowest BCUT2D eigenvalue weighted by molar-refractivity contribution is -0.140. The summed E-state index contributed by atoms with van der Waals surface area (Å²) in [7, 11) is 1.89. The fraction of sp³-hybridized carbons (Fsp3) is 0.667. The molecule has 0 bridgehead atoms. The summed E-state index contributed by atoms with van der Waals surface area (Å²) >= 11 is 0. The average Bonchev–Trinajstić information content (AvgIpc) is 2.61. The third-order valence-corrected chi connectivity index (χ3v) is 3.91. The zero-order chi connectivity index (χ0) is 16.2. The van der Waals surface area contributed by atoms with E-state index in [1.54, 1.807) is 11.8 Å². The molecule has 1 aromatic heterocycles. The van der Waals surface area contributed by atoms with E-state index >= 15 is 0 Å². The number of carbonyl (C=O) groups excluding carboxylic acids is 1. The Bertz CT molecular complexity index is 522. The van der Waals surface area contributed by atoms with E-state index in [9.17, 15) is 9.59 Å². The Morgan fingerprint density at radius 3 is 2.43 bits per heavy atom. The molecular weight excluding hydrogens is 270 g/mol. The third kappa shape index (κ3) is 4.31. The Kier molecular flexibility index (Phi) is 5.93. The van der Waals surface area contributed by atoms with Crippen LogP contribution in [0.1, 0.15) is 43.6 Å². The van der Waals surface area contributed by atoms with Gasteiger partial charge in [0.25, 0.3) is 0 Å². The second-order valence-corrected chi connectivity index (χ2v) is 5.40. The van der Waals surface area contributed by atoms with Crippen molar-refractivity contribution >= 4 is 11.9 Å². The van der Waals surface area contributed by atoms with Gasteiger partial charge in [-0.25, -0.2) is 0 Å². The Labute approximate surface area is 125 Å². The van der Waals surface area contributed by atoms with Crippen LogP contribution in [-0.4, -0.2) is 44.3 Å². The van der Waals surface area contributed by atoms with Gasteiger partial charge >= 0.3 is 5.97 Å². The second-order valence-electron chi connectivity index (χ2n) is 5.40. The van der Waals surface area contributed by atoms with E-state index in [4.69, 9.17) is 5.11 Å². The van der Waals surface area contributed by atoms with E-state index in [1.807, 2.05) is 32.5 Å². The van der Waals surface area contributed by atoms with Crippen LogP contribution in [0.5, 0.6) is 0 Å². The maximum absolute atomic E-state index is 12.3. The second kappa shape index (κ2) is 7.24. The molecule has 0 aliphatic heterocycles. The smallest absolute Gasteiger partial charge is 0.305 e. The molecule has 6 nitrogen and oxygen atoms in total. The van der Waals surface area contributed by atoms with Crippen LogP contribution in [0.25, 0.3) is 0 Å². The van der Waals surface area contributed by atoms with Gasteiger partial charge in [0.15, 0.2) is 0 Å². The molecule has 0 saturated heterocycles. The molecule has 1 atom stereocenters. The zero-order valence-corrected chi connectivity index (χ0v) is 13.5. The first-order chi connectivity index (χ1) is 9.77. The summed E-state index contributed by atoms with van der Waals surface area (Å²) in [4.78, 5) is 24.7. The van der Waals surface area contributed by atoms with Gasteiger partial charge in [-0.05, 0) is 39.7 Å². The standard InChI is InChI=1S/C15H25N3O3/c1-6-18(10(2)9-15(20)21)14(19)8-7-13-11(3)16-17(5)12(13)4/h10H,6-9H2,1-5H3,(H,20,21). The Balaban J connectivity index is 2.68. The number of aliphatic carboxylic acids is 1. The largest absolute Gasteiger partial charge is 0.481 e. The number of carboxylic acid groups (broad SMARTS) is 1. The topological polar surface area (TPSA) is 75.4 Å². The first-order valence-corrected chi connectivity index (χ1v) is 7.28. The van der Waals surface area contributed by atoms with Crippen LogP contribution in [0.4, 0.5) is 0 Å². The monoisotopic (exact) mass is 295 g/mol. The lowest BCUT2D eigenvalue weighted by Gasteiger charge is -2.27. The van der Waals surface area contributed by atoms with Gasteiger partial charge < -0.3 is 10.0 Å². The van der Waals surface area contributed by atoms with Gasteiger partial charge in [0.1, 0.15) is 0 Å². The fourth-order valence-corrected chi connectivity index (χ4v) is 2.65. The first-order valence-electron chi connectivity index (χ1n) is 7.28. The molecule has 1 aromatic rings. The number of hydrogen-bond acceptors (Lipinski definition) is 3. The Hall–Kier alpha value is -1.85. The summed E-state index contributed by atoms with van der Waals surface area (Å²) in [5.41, 5.74) is 3.12. The lowest BCUT2D eigenvalue weighted by atomic mass is 10.1.